The fourth-order valence-corrected chi connectivity index (χ4v) is 1.94. The van der Waals surface area contributed by atoms with E-state index in [1.54, 1.807) is 19.2 Å². The van der Waals surface area contributed by atoms with Crippen LogP contribution in [-0.2, 0) is 4.79 Å². The van der Waals surface area contributed by atoms with Crippen molar-refractivity contribution in [2.24, 2.45) is 5.92 Å². The standard InChI is InChI=1S/C14H17N3O3/c1-8(2)12(14(18)19)17-13-10-5-4-9(20-3)6-11(10)15-7-16-13/h4-8,12H,1-3H3,(H,18,19)(H,15,16,17). The van der Waals surface area contributed by atoms with E-state index in [0.29, 0.717) is 17.1 Å². The maximum atomic E-state index is 11.3. The molecule has 1 aromatic heterocycles. The monoisotopic (exact) mass is 275 g/mol. The lowest BCUT2D eigenvalue weighted by atomic mass is 10.0. The molecule has 0 bridgehead atoms. The lowest BCUT2D eigenvalue weighted by Gasteiger charge is -2.19. The van der Waals surface area contributed by atoms with Crippen molar-refractivity contribution >= 4 is 22.7 Å². The van der Waals surface area contributed by atoms with Gasteiger partial charge >= 0.3 is 5.97 Å². The average Bonchev–Trinajstić information content (AvgIpc) is 2.43. The van der Waals surface area contributed by atoms with Crippen LogP contribution in [0.4, 0.5) is 5.82 Å². The number of fused-ring (bicyclic) bond motifs is 1. The van der Waals surface area contributed by atoms with E-state index in [-0.39, 0.29) is 5.92 Å². The summed E-state index contributed by atoms with van der Waals surface area (Å²) in [4.78, 5) is 19.6. The number of anilines is 1. The third-order valence-corrected chi connectivity index (χ3v) is 3.07. The number of benzene rings is 1. The van der Waals surface area contributed by atoms with Crippen molar-refractivity contribution in [2.75, 3.05) is 12.4 Å². The molecule has 0 amide bonds. The quantitative estimate of drug-likeness (QED) is 0.870. The molecule has 2 rings (SSSR count). The Morgan fingerprint density at radius 1 is 1.35 bits per heavy atom. The predicted molar refractivity (Wildman–Crippen MR) is 76.0 cm³/mol. The number of carboxylic acid groups (broad SMARTS) is 1. The molecular formula is C14H17N3O3. The molecule has 0 aliphatic heterocycles. The topological polar surface area (TPSA) is 84.3 Å². The van der Waals surface area contributed by atoms with Crippen molar-refractivity contribution in [3.63, 3.8) is 0 Å². The minimum atomic E-state index is -0.903. The van der Waals surface area contributed by atoms with E-state index in [1.165, 1.54) is 6.33 Å². The summed E-state index contributed by atoms with van der Waals surface area (Å²) < 4.78 is 5.14. The first-order valence-corrected chi connectivity index (χ1v) is 6.31. The number of hydrogen-bond acceptors (Lipinski definition) is 5. The molecule has 106 valence electrons. The van der Waals surface area contributed by atoms with Crippen LogP contribution in [-0.4, -0.2) is 34.2 Å². The SMILES string of the molecule is COc1ccc2c(NC(C(=O)O)C(C)C)ncnc2c1. The van der Waals surface area contributed by atoms with E-state index >= 15 is 0 Å². The van der Waals surface area contributed by atoms with E-state index in [2.05, 4.69) is 15.3 Å². The Bertz CT molecular complexity index is 628. The van der Waals surface area contributed by atoms with Gasteiger partial charge in [0.15, 0.2) is 0 Å². The second-order valence-electron chi connectivity index (χ2n) is 4.81. The largest absolute Gasteiger partial charge is 0.497 e. The van der Waals surface area contributed by atoms with E-state index in [1.807, 2.05) is 19.9 Å². The Kier molecular flexibility index (Phi) is 4.02. The predicted octanol–water partition coefficient (Wildman–Crippen LogP) is 2.16. The first-order valence-electron chi connectivity index (χ1n) is 6.31. The van der Waals surface area contributed by atoms with Gasteiger partial charge in [0.1, 0.15) is 23.9 Å². The molecule has 1 unspecified atom stereocenters. The van der Waals surface area contributed by atoms with Crippen LogP contribution in [0.3, 0.4) is 0 Å². The normalized spacial score (nSPS) is 12.4. The average molecular weight is 275 g/mol. The van der Waals surface area contributed by atoms with Gasteiger partial charge in [-0.1, -0.05) is 13.8 Å². The van der Waals surface area contributed by atoms with Crippen LogP contribution in [0.15, 0.2) is 24.5 Å². The number of nitrogens with one attached hydrogen (secondary N) is 1. The highest BCUT2D eigenvalue weighted by molar-refractivity contribution is 5.91. The number of hydrogen-bond donors (Lipinski definition) is 2. The number of aromatic nitrogens is 2. The lowest BCUT2D eigenvalue weighted by Crippen LogP contribution is -2.34. The van der Waals surface area contributed by atoms with Gasteiger partial charge < -0.3 is 15.2 Å². The zero-order chi connectivity index (χ0) is 14.7. The maximum absolute atomic E-state index is 11.3. The molecule has 0 aliphatic carbocycles. The van der Waals surface area contributed by atoms with Gasteiger partial charge in [0.05, 0.1) is 12.6 Å². The minimum absolute atomic E-state index is 0.0595. The van der Waals surface area contributed by atoms with Crippen LogP contribution in [0.1, 0.15) is 13.8 Å². The molecule has 0 aliphatic rings. The fraction of sp³-hybridized carbons (Fsp3) is 0.357. The summed E-state index contributed by atoms with van der Waals surface area (Å²) in [7, 11) is 1.58. The highest BCUT2D eigenvalue weighted by Gasteiger charge is 2.22. The van der Waals surface area contributed by atoms with Gasteiger partial charge in [0.2, 0.25) is 0 Å². The summed E-state index contributed by atoms with van der Waals surface area (Å²) in [6, 6.07) is 4.70. The third-order valence-electron chi connectivity index (χ3n) is 3.07. The van der Waals surface area contributed by atoms with Crippen LogP contribution in [0.25, 0.3) is 10.9 Å². The van der Waals surface area contributed by atoms with Gasteiger partial charge in [-0.2, -0.15) is 0 Å². The van der Waals surface area contributed by atoms with Crippen molar-refractivity contribution < 1.29 is 14.6 Å². The number of ether oxygens (including phenoxy) is 1. The number of nitrogens with zero attached hydrogens (tertiary/aromatic N) is 2. The molecule has 0 saturated carbocycles. The highest BCUT2D eigenvalue weighted by Crippen LogP contribution is 2.24. The maximum Gasteiger partial charge on any atom is 0.326 e. The molecule has 0 spiro atoms. The molecule has 0 radical (unpaired) electrons. The molecule has 1 atom stereocenters. The summed E-state index contributed by atoms with van der Waals surface area (Å²) in [5.74, 6) is 0.246. The number of methoxy groups -OCH3 is 1. The van der Waals surface area contributed by atoms with Crippen molar-refractivity contribution in [1.29, 1.82) is 0 Å². The molecule has 6 nitrogen and oxygen atoms in total. The van der Waals surface area contributed by atoms with Gasteiger partial charge in [-0.05, 0) is 18.1 Å². The molecule has 6 heteroatoms. The second-order valence-corrected chi connectivity index (χ2v) is 4.81. The summed E-state index contributed by atoms with van der Waals surface area (Å²) in [5, 5.41) is 13.0. The van der Waals surface area contributed by atoms with Crippen LogP contribution in [0.5, 0.6) is 5.75 Å². The Morgan fingerprint density at radius 3 is 2.70 bits per heavy atom. The summed E-state index contributed by atoms with van der Waals surface area (Å²) in [6.07, 6.45) is 1.41. The minimum Gasteiger partial charge on any atom is -0.497 e. The Morgan fingerprint density at radius 2 is 2.10 bits per heavy atom. The highest BCUT2D eigenvalue weighted by atomic mass is 16.5. The summed E-state index contributed by atoms with van der Waals surface area (Å²) >= 11 is 0. The second kappa shape index (κ2) is 5.73. The fourth-order valence-electron chi connectivity index (χ4n) is 1.94. The van der Waals surface area contributed by atoms with Crippen molar-refractivity contribution in [3.8, 4) is 5.75 Å². The van der Waals surface area contributed by atoms with Gasteiger partial charge in [0.25, 0.3) is 0 Å². The molecule has 1 aromatic carbocycles. The van der Waals surface area contributed by atoms with Crippen molar-refractivity contribution in [3.05, 3.63) is 24.5 Å². The van der Waals surface area contributed by atoms with Gasteiger partial charge in [-0.15, -0.1) is 0 Å². The molecule has 0 fully saturated rings. The number of carbonyl (C=O) groups is 1. The van der Waals surface area contributed by atoms with Crippen molar-refractivity contribution in [2.45, 2.75) is 19.9 Å². The van der Waals surface area contributed by atoms with Crippen LogP contribution >= 0.6 is 0 Å². The number of carboxylic acids is 1. The first kappa shape index (κ1) is 14.0. The molecule has 20 heavy (non-hydrogen) atoms. The number of rotatable bonds is 5. The third kappa shape index (κ3) is 2.79. The lowest BCUT2D eigenvalue weighted by molar-refractivity contribution is -0.138. The Balaban J connectivity index is 2.41. The van der Waals surface area contributed by atoms with Gasteiger partial charge in [-0.25, -0.2) is 14.8 Å². The first-order chi connectivity index (χ1) is 9.52. The van der Waals surface area contributed by atoms with Crippen LogP contribution in [0, 0.1) is 5.92 Å². The zero-order valence-electron chi connectivity index (χ0n) is 11.6. The van der Waals surface area contributed by atoms with E-state index in [0.717, 1.165) is 5.39 Å². The summed E-state index contributed by atoms with van der Waals surface area (Å²) in [6.45, 7) is 3.69. The molecule has 0 saturated heterocycles. The molecule has 2 aromatic rings. The smallest absolute Gasteiger partial charge is 0.326 e. The Labute approximate surface area is 116 Å². The van der Waals surface area contributed by atoms with Crippen molar-refractivity contribution in [1.82, 2.24) is 9.97 Å². The van der Waals surface area contributed by atoms with E-state index in [4.69, 9.17) is 4.74 Å². The van der Waals surface area contributed by atoms with E-state index in [9.17, 15) is 9.90 Å². The zero-order valence-corrected chi connectivity index (χ0v) is 11.6. The van der Waals surface area contributed by atoms with Crippen LogP contribution < -0.4 is 10.1 Å². The summed E-state index contributed by atoms with van der Waals surface area (Å²) in [5.41, 5.74) is 0.703. The molecule has 2 N–H and O–H groups in total. The Hall–Kier alpha value is -2.37. The van der Waals surface area contributed by atoms with Gasteiger partial charge in [0, 0.05) is 11.5 Å². The van der Waals surface area contributed by atoms with Crippen LogP contribution in [0.2, 0.25) is 0 Å². The van der Waals surface area contributed by atoms with E-state index < -0.39 is 12.0 Å². The number of aliphatic carboxylic acids is 1. The molecule has 1 heterocycles. The van der Waals surface area contributed by atoms with Gasteiger partial charge in [-0.3, -0.25) is 0 Å². The molecular weight excluding hydrogens is 258 g/mol.